The average Bonchev–Trinajstić information content (AvgIpc) is 2.88. The van der Waals surface area contributed by atoms with Gasteiger partial charge in [-0.3, -0.25) is 5.32 Å². The first-order chi connectivity index (χ1) is 9.69. The molecule has 2 heterocycles. The van der Waals surface area contributed by atoms with Gasteiger partial charge in [0.1, 0.15) is 35.2 Å². The van der Waals surface area contributed by atoms with Gasteiger partial charge in [0.15, 0.2) is 0 Å². The number of aromatic nitrogens is 2. The molecule has 0 atom stereocenters. The second-order valence-corrected chi connectivity index (χ2v) is 5.30. The van der Waals surface area contributed by atoms with E-state index in [1.165, 1.54) is 12.5 Å². The maximum absolute atomic E-state index is 11.3. The maximum Gasteiger partial charge on any atom is 0.412 e. The molecule has 2 rings (SSSR count). The SMILES string of the molecule is Cc1nocc1N.Cc1nocc1NC(=O)OC(C)(C)C. The highest BCUT2D eigenvalue weighted by molar-refractivity contribution is 5.85. The molecule has 3 N–H and O–H groups in total. The van der Waals surface area contributed by atoms with Gasteiger partial charge >= 0.3 is 6.09 Å². The van der Waals surface area contributed by atoms with Crippen molar-refractivity contribution in [2.45, 2.75) is 40.2 Å². The Morgan fingerprint density at radius 1 is 1.19 bits per heavy atom. The Bertz CT molecular complexity index is 567. The van der Waals surface area contributed by atoms with Gasteiger partial charge in [0.25, 0.3) is 0 Å². The van der Waals surface area contributed by atoms with E-state index in [0.29, 0.717) is 17.1 Å². The van der Waals surface area contributed by atoms with Crippen molar-refractivity contribution in [1.82, 2.24) is 10.3 Å². The van der Waals surface area contributed by atoms with E-state index in [9.17, 15) is 4.79 Å². The lowest BCUT2D eigenvalue weighted by Crippen LogP contribution is -2.27. The molecule has 8 heteroatoms. The number of amides is 1. The number of hydrogen-bond acceptors (Lipinski definition) is 7. The first kappa shape index (κ1) is 16.5. The fourth-order valence-electron chi connectivity index (χ4n) is 1.13. The van der Waals surface area contributed by atoms with Crippen molar-refractivity contribution in [3.8, 4) is 0 Å². The Morgan fingerprint density at radius 3 is 2.10 bits per heavy atom. The molecule has 1 amide bonds. The Hall–Kier alpha value is -2.51. The molecule has 2 aromatic heterocycles. The highest BCUT2D eigenvalue weighted by Crippen LogP contribution is 2.14. The standard InChI is InChI=1S/C9H14N2O3.C4H6N2O/c1-6-7(5-13-11-6)10-8(12)14-9(2,3)4;1-3-4(5)2-7-6-3/h5H,1-4H3,(H,10,12);2H,5H2,1H3. The zero-order valence-corrected chi connectivity index (χ0v) is 12.8. The number of rotatable bonds is 1. The van der Waals surface area contributed by atoms with Crippen molar-refractivity contribution in [2.24, 2.45) is 0 Å². The van der Waals surface area contributed by atoms with Crippen LogP contribution < -0.4 is 11.1 Å². The summed E-state index contributed by atoms with van der Waals surface area (Å²) in [6.45, 7) is 8.92. The fourth-order valence-corrected chi connectivity index (χ4v) is 1.13. The fraction of sp³-hybridized carbons (Fsp3) is 0.462. The van der Waals surface area contributed by atoms with Crippen LogP contribution >= 0.6 is 0 Å². The predicted molar refractivity (Wildman–Crippen MR) is 76.7 cm³/mol. The van der Waals surface area contributed by atoms with E-state index < -0.39 is 11.7 Å². The number of hydrogen-bond donors (Lipinski definition) is 2. The number of nitrogens with two attached hydrogens (primary N) is 1. The van der Waals surface area contributed by atoms with Gasteiger partial charge in [-0.25, -0.2) is 4.79 Å². The molecule has 21 heavy (non-hydrogen) atoms. The summed E-state index contributed by atoms with van der Waals surface area (Å²) in [5.41, 5.74) is 7.29. The van der Waals surface area contributed by atoms with Gasteiger partial charge in [-0.1, -0.05) is 10.3 Å². The minimum Gasteiger partial charge on any atom is -0.444 e. The maximum atomic E-state index is 11.3. The van der Waals surface area contributed by atoms with Crippen LogP contribution in [0.2, 0.25) is 0 Å². The topological polar surface area (TPSA) is 116 Å². The van der Waals surface area contributed by atoms with Crippen LogP contribution in [0.15, 0.2) is 21.6 Å². The van der Waals surface area contributed by atoms with Crippen LogP contribution in [0.4, 0.5) is 16.2 Å². The molecule has 0 unspecified atom stereocenters. The number of nitrogens with one attached hydrogen (secondary N) is 1. The minimum atomic E-state index is -0.510. The molecule has 2 aromatic rings. The molecule has 116 valence electrons. The van der Waals surface area contributed by atoms with E-state index in [0.717, 1.165) is 5.69 Å². The number of carbonyl (C=O) groups is 1. The third-order valence-electron chi connectivity index (χ3n) is 2.17. The Balaban J connectivity index is 0.000000262. The third kappa shape index (κ3) is 5.98. The number of nitrogen functional groups attached to an aromatic ring is 1. The Kier molecular flexibility index (Phi) is 5.34. The van der Waals surface area contributed by atoms with Crippen LogP contribution in [0.5, 0.6) is 0 Å². The molecule has 0 saturated heterocycles. The summed E-state index contributed by atoms with van der Waals surface area (Å²) in [4.78, 5) is 11.3. The zero-order chi connectivity index (χ0) is 16.0. The Labute approximate surface area is 122 Å². The summed E-state index contributed by atoms with van der Waals surface area (Å²) in [5.74, 6) is 0. The zero-order valence-electron chi connectivity index (χ0n) is 12.8. The van der Waals surface area contributed by atoms with E-state index >= 15 is 0 Å². The molecule has 0 radical (unpaired) electrons. The molecule has 0 aromatic carbocycles. The Morgan fingerprint density at radius 2 is 1.76 bits per heavy atom. The minimum absolute atomic E-state index is 0.505. The first-order valence-electron chi connectivity index (χ1n) is 6.26. The number of aryl methyl sites for hydroxylation is 2. The molecule has 0 aliphatic rings. The van der Waals surface area contributed by atoms with Gasteiger partial charge in [0, 0.05) is 0 Å². The lowest BCUT2D eigenvalue weighted by molar-refractivity contribution is 0.0635. The van der Waals surface area contributed by atoms with Gasteiger partial charge < -0.3 is 19.5 Å². The molecular weight excluding hydrogens is 276 g/mol. The van der Waals surface area contributed by atoms with Gasteiger partial charge in [0.05, 0.1) is 5.69 Å². The van der Waals surface area contributed by atoms with Gasteiger partial charge in [-0.2, -0.15) is 0 Å². The van der Waals surface area contributed by atoms with Crippen molar-refractivity contribution in [3.63, 3.8) is 0 Å². The summed E-state index contributed by atoms with van der Waals surface area (Å²) in [6, 6.07) is 0. The van der Waals surface area contributed by atoms with Crippen LogP contribution in [0.3, 0.4) is 0 Å². The smallest absolute Gasteiger partial charge is 0.412 e. The van der Waals surface area contributed by atoms with Crippen molar-refractivity contribution in [1.29, 1.82) is 0 Å². The highest BCUT2D eigenvalue weighted by atomic mass is 16.6. The number of nitrogens with zero attached hydrogens (tertiary/aromatic N) is 2. The van der Waals surface area contributed by atoms with Crippen LogP contribution in [-0.2, 0) is 4.74 Å². The molecule has 0 bridgehead atoms. The van der Waals surface area contributed by atoms with E-state index in [2.05, 4.69) is 24.7 Å². The molecule has 0 saturated carbocycles. The predicted octanol–water partition coefficient (Wildman–Crippen LogP) is 2.90. The number of carbonyl (C=O) groups excluding carboxylic acids is 1. The van der Waals surface area contributed by atoms with E-state index in [-0.39, 0.29) is 0 Å². The molecular formula is C13H20N4O4. The third-order valence-corrected chi connectivity index (χ3v) is 2.17. The van der Waals surface area contributed by atoms with Gasteiger partial charge in [0.2, 0.25) is 0 Å². The largest absolute Gasteiger partial charge is 0.444 e. The number of anilines is 2. The molecule has 0 aliphatic carbocycles. The van der Waals surface area contributed by atoms with Crippen molar-refractivity contribution >= 4 is 17.5 Å². The average molecular weight is 296 g/mol. The summed E-state index contributed by atoms with van der Waals surface area (Å²) < 4.78 is 14.2. The van der Waals surface area contributed by atoms with Crippen molar-refractivity contribution in [2.75, 3.05) is 11.1 Å². The summed E-state index contributed by atoms with van der Waals surface area (Å²) >= 11 is 0. The van der Waals surface area contributed by atoms with Crippen LogP contribution in [0.1, 0.15) is 32.2 Å². The second kappa shape index (κ2) is 6.78. The molecule has 0 fully saturated rings. The van der Waals surface area contributed by atoms with Crippen molar-refractivity contribution < 1.29 is 18.6 Å². The lowest BCUT2D eigenvalue weighted by Gasteiger charge is -2.19. The van der Waals surface area contributed by atoms with Gasteiger partial charge in [-0.15, -0.1) is 0 Å². The van der Waals surface area contributed by atoms with E-state index in [4.69, 9.17) is 10.5 Å². The van der Waals surface area contributed by atoms with E-state index in [1.807, 2.05) is 0 Å². The van der Waals surface area contributed by atoms with Crippen LogP contribution in [0, 0.1) is 13.8 Å². The summed E-state index contributed by atoms with van der Waals surface area (Å²) in [5, 5.41) is 9.67. The first-order valence-corrected chi connectivity index (χ1v) is 6.26. The molecule has 8 nitrogen and oxygen atoms in total. The second-order valence-electron chi connectivity index (χ2n) is 5.30. The number of ether oxygens (including phenoxy) is 1. The monoisotopic (exact) mass is 296 g/mol. The molecule has 0 aliphatic heterocycles. The van der Waals surface area contributed by atoms with Crippen LogP contribution in [0.25, 0.3) is 0 Å². The van der Waals surface area contributed by atoms with Crippen LogP contribution in [-0.4, -0.2) is 22.0 Å². The van der Waals surface area contributed by atoms with Crippen molar-refractivity contribution in [3.05, 3.63) is 23.9 Å². The summed E-state index contributed by atoms with van der Waals surface area (Å²) in [6.07, 6.45) is 2.26. The quantitative estimate of drug-likeness (QED) is 0.830. The summed E-state index contributed by atoms with van der Waals surface area (Å²) in [7, 11) is 0. The highest BCUT2D eigenvalue weighted by Gasteiger charge is 2.17. The van der Waals surface area contributed by atoms with Gasteiger partial charge in [-0.05, 0) is 34.6 Å². The normalized spacial score (nSPS) is 10.5. The van der Waals surface area contributed by atoms with E-state index in [1.54, 1.807) is 34.6 Å². The molecule has 0 spiro atoms. The lowest BCUT2D eigenvalue weighted by atomic mass is 10.2.